The van der Waals surface area contributed by atoms with Crippen molar-refractivity contribution < 1.29 is 9.59 Å². The van der Waals surface area contributed by atoms with E-state index in [4.69, 9.17) is 5.73 Å². The molecule has 2 aromatic rings. The van der Waals surface area contributed by atoms with Gasteiger partial charge in [-0.2, -0.15) is 10.4 Å². The molecule has 0 bridgehead atoms. The molecule has 3 aliphatic rings. The van der Waals surface area contributed by atoms with Crippen molar-refractivity contribution in [2.45, 2.75) is 63.5 Å². The molecule has 1 aliphatic carbocycles. The first-order valence-corrected chi connectivity index (χ1v) is 13.1. The molecular weight excluding hydrogens is 454 g/mol. The molecule has 2 amide bonds. The van der Waals surface area contributed by atoms with Gasteiger partial charge in [-0.1, -0.05) is 12.1 Å². The Labute approximate surface area is 212 Å². The Kier molecular flexibility index (Phi) is 6.97. The van der Waals surface area contributed by atoms with Crippen LogP contribution >= 0.6 is 0 Å². The summed E-state index contributed by atoms with van der Waals surface area (Å²) in [7, 11) is 0. The number of hydrogen-bond acceptors (Lipinski definition) is 6. The van der Waals surface area contributed by atoms with Crippen molar-refractivity contribution >= 4 is 23.3 Å². The van der Waals surface area contributed by atoms with Gasteiger partial charge in [-0.3, -0.25) is 19.2 Å². The van der Waals surface area contributed by atoms with Gasteiger partial charge < -0.3 is 16.0 Å². The van der Waals surface area contributed by atoms with Crippen LogP contribution in [-0.2, 0) is 16.9 Å². The lowest BCUT2D eigenvalue weighted by Gasteiger charge is -2.40. The molecule has 0 radical (unpaired) electrons. The van der Waals surface area contributed by atoms with E-state index >= 15 is 0 Å². The number of nitrogens with one attached hydrogen (secondary N) is 1. The number of benzene rings is 1. The van der Waals surface area contributed by atoms with E-state index in [1.54, 1.807) is 10.9 Å². The van der Waals surface area contributed by atoms with E-state index in [0.717, 1.165) is 58.4 Å². The first kappa shape index (κ1) is 24.3. The smallest absolute Gasteiger partial charge is 0.254 e. The summed E-state index contributed by atoms with van der Waals surface area (Å²) in [6.07, 6.45) is 8.91. The number of nitrogens with zero attached hydrogens (tertiary/aromatic N) is 5. The van der Waals surface area contributed by atoms with Crippen molar-refractivity contribution in [2.24, 2.45) is 11.7 Å². The number of amides is 2. The average Bonchev–Trinajstić information content (AvgIpc) is 3.66. The number of hydrogen-bond donors (Lipinski definition) is 2. The van der Waals surface area contributed by atoms with Crippen molar-refractivity contribution in [3.8, 4) is 6.07 Å². The molecule has 3 N–H and O–H groups in total. The fourth-order valence-electron chi connectivity index (χ4n) is 5.44. The summed E-state index contributed by atoms with van der Waals surface area (Å²) in [5.74, 6) is -0.572. The van der Waals surface area contributed by atoms with Gasteiger partial charge in [-0.15, -0.1) is 0 Å². The summed E-state index contributed by atoms with van der Waals surface area (Å²) in [5, 5.41) is 17.0. The van der Waals surface area contributed by atoms with E-state index in [9.17, 15) is 14.9 Å². The highest BCUT2D eigenvalue weighted by atomic mass is 16.2. The van der Waals surface area contributed by atoms with Crippen molar-refractivity contribution in [2.75, 3.05) is 36.4 Å². The van der Waals surface area contributed by atoms with Gasteiger partial charge in [0.05, 0.1) is 18.0 Å². The predicted molar refractivity (Wildman–Crippen MR) is 137 cm³/mol. The highest BCUT2D eigenvalue weighted by Crippen LogP contribution is 2.36. The number of piperidine rings is 2. The molecule has 1 aromatic carbocycles. The Hall–Kier alpha value is -3.38. The van der Waals surface area contributed by atoms with Crippen molar-refractivity contribution in [1.82, 2.24) is 14.7 Å². The number of nitrogens with two attached hydrogens (primary N) is 1. The fourth-order valence-corrected chi connectivity index (χ4v) is 5.44. The summed E-state index contributed by atoms with van der Waals surface area (Å²) in [5.41, 5.74) is 7.83. The van der Waals surface area contributed by atoms with Crippen LogP contribution in [-0.4, -0.2) is 52.7 Å². The molecule has 36 heavy (non-hydrogen) atoms. The Morgan fingerprint density at radius 2 is 1.78 bits per heavy atom. The van der Waals surface area contributed by atoms with Crippen LogP contribution in [0.25, 0.3) is 0 Å². The molecule has 2 saturated heterocycles. The van der Waals surface area contributed by atoms with Crippen LogP contribution in [0.5, 0.6) is 0 Å². The molecule has 1 aromatic heterocycles. The van der Waals surface area contributed by atoms with Gasteiger partial charge in [-0.25, -0.2) is 0 Å². The lowest BCUT2D eigenvalue weighted by atomic mass is 9.84. The second kappa shape index (κ2) is 10.3. The fraction of sp³-hybridized carbons (Fsp3) is 0.556. The highest BCUT2D eigenvalue weighted by Gasteiger charge is 2.39. The quantitative estimate of drug-likeness (QED) is 0.587. The third-order valence-corrected chi connectivity index (χ3v) is 7.91. The molecule has 1 saturated carbocycles. The average molecular weight is 490 g/mol. The second-order valence-electron chi connectivity index (χ2n) is 10.5. The van der Waals surface area contributed by atoms with Gasteiger partial charge in [0.25, 0.3) is 5.91 Å². The number of aromatic nitrogens is 2. The zero-order valence-corrected chi connectivity index (χ0v) is 20.8. The summed E-state index contributed by atoms with van der Waals surface area (Å²) in [6.45, 7) is 4.76. The maximum Gasteiger partial charge on any atom is 0.254 e. The van der Waals surface area contributed by atoms with Gasteiger partial charge in [0, 0.05) is 50.5 Å². The molecule has 190 valence electrons. The topological polar surface area (TPSA) is 120 Å². The Balaban J connectivity index is 1.25. The minimum atomic E-state index is -0.634. The molecular formula is C27H35N7O2. The third kappa shape index (κ3) is 5.24. The Morgan fingerprint density at radius 3 is 2.39 bits per heavy atom. The van der Waals surface area contributed by atoms with Crippen LogP contribution in [0.3, 0.4) is 0 Å². The minimum absolute atomic E-state index is 0.0129. The lowest BCUT2D eigenvalue weighted by molar-refractivity contribution is -0.117. The van der Waals surface area contributed by atoms with Crippen LogP contribution in [0.4, 0.5) is 11.5 Å². The normalized spacial score (nSPS) is 20.0. The van der Waals surface area contributed by atoms with Crippen LogP contribution in [0.1, 0.15) is 67.3 Å². The summed E-state index contributed by atoms with van der Waals surface area (Å²) >= 11 is 0. The van der Waals surface area contributed by atoms with Gasteiger partial charge in [0.15, 0.2) is 5.82 Å². The largest absolute Gasteiger partial charge is 0.372 e. The zero-order valence-electron chi connectivity index (χ0n) is 20.8. The molecule has 0 atom stereocenters. The number of likely N-dealkylation sites (tertiary alicyclic amines) is 1. The van der Waals surface area contributed by atoms with Crippen molar-refractivity contribution in [3.05, 3.63) is 41.6 Å². The van der Waals surface area contributed by atoms with Gasteiger partial charge in [-0.05, 0) is 62.6 Å². The predicted octanol–water partition coefficient (Wildman–Crippen LogP) is 3.23. The van der Waals surface area contributed by atoms with Crippen LogP contribution < -0.4 is 16.0 Å². The summed E-state index contributed by atoms with van der Waals surface area (Å²) < 4.78 is 1.71. The lowest BCUT2D eigenvalue weighted by Crippen LogP contribution is -2.46. The minimum Gasteiger partial charge on any atom is -0.372 e. The molecule has 0 unspecified atom stereocenters. The monoisotopic (exact) mass is 489 g/mol. The van der Waals surface area contributed by atoms with E-state index in [1.165, 1.54) is 30.5 Å². The SMILES string of the molecule is N#CCC1(n2cc(C(N)=O)c(NC(=O)C3CC3)n2)CCN(Cc2ccc(N3CCCCC3)cc2)CC1. The van der Waals surface area contributed by atoms with Gasteiger partial charge in [0.1, 0.15) is 5.56 Å². The highest BCUT2D eigenvalue weighted by molar-refractivity contribution is 6.02. The van der Waals surface area contributed by atoms with E-state index in [-0.39, 0.29) is 29.6 Å². The van der Waals surface area contributed by atoms with E-state index in [2.05, 4.69) is 50.5 Å². The van der Waals surface area contributed by atoms with E-state index in [1.807, 2.05) is 0 Å². The van der Waals surface area contributed by atoms with E-state index in [0.29, 0.717) is 0 Å². The number of primary amides is 1. The first-order valence-electron chi connectivity index (χ1n) is 13.1. The molecule has 9 nitrogen and oxygen atoms in total. The maximum absolute atomic E-state index is 12.3. The van der Waals surface area contributed by atoms with Crippen molar-refractivity contribution in [3.63, 3.8) is 0 Å². The Morgan fingerprint density at radius 1 is 1.08 bits per heavy atom. The first-order chi connectivity index (χ1) is 17.5. The molecule has 2 aliphatic heterocycles. The number of anilines is 2. The number of nitriles is 1. The maximum atomic E-state index is 12.3. The number of carbonyl (C=O) groups is 2. The number of rotatable bonds is 8. The van der Waals surface area contributed by atoms with Crippen molar-refractivity contribution in [1.29, 1.82) is 5.26 Å². The second-order valence-corrected chi connectivity index (χ2v) is 10.5. The number of carbonyl (C=O) groups excluding carboxylic acids is 2. The molecule has 0 spiro atoms. The zero-order chi connectivity index (χ0) is 25.1. The molecule has 5 rings (SSSR count). The van der Waals surface area contributed by atoms with Crippen LogP contribution in [0, 0.1) is 17.2 Å². The standard InChI is InChI=1S/C27H35N7O2/c28-13-10-27(34-19-23(24(29)35)25(31-34)30-26(36)21-6-7-21)11-16-32(17-12-27)18-20-4-8-22(9-5-20)33-14-2-1-3-15-33/h4-5,8-9,19,21H,1-3,6-7,10-12,14-18H2,(H2,29,35)(H,30,31,36). The van der Waals surface area contributed by atoms with Crippen LogP contribution in [0.15, 0.2) is 30.5 Å². The molecule has 9 heteroatoms. The molecule has 3 heterocycles. The third-order valence-electron chi connectivity index (χ3n) is 7.91. The van der Waals surface area contributed by atoms with Crippen LogP contribution in [0.2, 0.25) is 0 Å². The summed E-state index contributed by atoms with van der Waals surface area (Å²) in [4.78, 5) is 29.2. The van der Waals surface area contributed by atoms with Gasteiger partial charge in [0.2, 0.25) is 5.91 Å². The summed E-state index contributed by atoms with van der Waals surface area (Å²) in [6, 6.07) is 11.2. The molecule has 3 fully saturated rings. The van der Waals surface area contributed by atoms with Gasteiger partial charge >= 0.3 is 0 Å². The Bertz CT molecular complexity index is 1130. The van der Waals surface area contributed by atoms with E-state index < -0.39 is 11.4 Å².